The average Bonchev–Trinajstić information content (AvgIpc) is 2.51. The number of ether oxygens (including phenoxy) is 1. The molecule has 0 atom stereocenters. The number of phosphoric ester groups is 1. The summed E-state index contributed by atoms with van der Waals surface area (Å²) < 4.78 is 33.2. The highest BCUT2D eigenvalue weighted by Gasteiger charge is 2.26. The van der Waals surface area contributed by atoms with Gasteiger partial charge in [0.1, 0.15) is 5.60 Å². The molecule has 0 heterocycles. The Morgan fingerprint density at radius 3 is 2.08 bits per heavy atom. The topological polar surface area (TPSA) is 71.1 Å². The molecule has 0 N–H and O–H groups in total. The first-order chi connectivity index (χ1) is 11.7. The number of rotatable bonds is 9. The number of carbonyl (C=O) groups is 1. The molecule has 0 aliphatic rings. The second-order valence-corrected chi connectivity index (χ2v) is 7.73. The number of benzene rings is 1. The molecular formula is C18H27O6P. The summed E-state index contributed by atoms with van der Waals surface area (Å²) in [6, 6.07) is 9.07. The number of hydrogen-bond donors (Lipinski definition) is 0. The van der Waals surface area contributed by atoms with E-state index in [0.29, 0.717) is 11.1 Å². The smallest absolute Gasteiger partial charge is 0.456 e. The molecule has 0 aliphatic heterocycles. The summed E-state index contributed by atoms with van der Waals surface area (Å²) in [4.78, 5) is 12.5. The van der Waals surface area contributed by atoms with Crippen LogP contribution in [0.2, 0.25) is 0 Å². The number of carbonyl (C=O) groups excluding carboxylic acids is 1. The predicted molar refractivity (Wildman–Crippen MR) is 97.1 cm³/mol. The highest BCUT2D eigenvalue weighted by molar-refractivity contribution is 7.48. The van der Waals surface area contributed by atoms with Crippen LogP contribution in [0.5, 0.6) is 0 Å². The first kappa shape index (κ1) is 21.6. The van der Waals surface area contributed by atoms with Crippen molar-refractivity contribution < 1.29 is 27.7 Å². The Kier molecular flexibility index (Phi) is 8.53. The van der Waals surface area contributed by atoms with Crippen molar-refractivity contribution in [2.75, 3.05) is 19.8 Å². The van der Waals surface area contributed by atoms with Crippen LogP contribution in [0.1, 0.15) is 40.2 Å². The van der Waals surface area contributed by atoms with Gasteiger partial charge in [0.25, 0.3) is 0 Å². The first-order valence-electron chi connectivity index (χ1n) is 8.23. The van der Waals surface area contributed by atoms with Gasteiger partial charge in [0.2, 0.25) is 0 Å². The minimum absolute atomic E-state index is 0.110. The van der Waals surface area contributed by atoms with Gasteiger partial charge < -0.3 is 4.74 Å². The van der Waals surface area contributed by atoms with E-state index >= 15 is 0 Å². The van der Waals surface area contributed by atoms with Crippen LogP contribution in [0, 0.1) is 0 Å². The molecular weight excluding hydrogens is 343 g/mol. The van der Waals surface area contributed by atoms with E-state index in [1.54, 1.807) is 46.8 Å². The maximum atomic E-state index is 12.5. The molecule has 0 aliphatic carbocycles. The van der Waals surface area contributed by atoms with E-state index in [1.165, 1.54) is 6.08 Å². The molecule has 0 spiro atoms. The lowest BCUT2D eigenvalue weighted by atomic mass is 10.1. The zero-order valence-corrected chi connectivity index (χ0v) is 16.4. The van der Waals surface area contributed by atoms with Crippen LogP contribution in [-0.2, 0) is 27.7 Å². The van der Waals surface area contributed by atoms with Crippen molar-refractivity contribution in [1.29, 1.82) is 0 Å². The first-order valence-corrected chi connectivity index (χ1v) is 9.69. The molecule has 0 aromatic heterocycles. The minimum atomic E-state index is -3.64. The van der Waals surface area contributed by atoms with Crippen molar-refractivity contribution in [1.82, 2.24) is 0 Å². The molecule has 140 valence electrons. The second kappa shape index (κ2) is 9.88. The van der Waals surface area contributed by atoms with Gasteiger partial charge >= 0.3 is 13.8 Å². The van der Waals surface area contributed by atoms with Crippen molar-refractivity contribution >= 4 is 19.4 Å². The Hall–Kier alpha value is -1.46. The number of hydrogen-bond acceptors (Lipinski definition) is 6. The lowest BCUT2D eigenvalue weighted by Gasteiger charge is -2.21. The summed E-state index contributed by atoms with van der Waals surface area (Å²) >= 11 is 0. The normalized spacial score (nSPS) is 12.9. The van der Waals surface area contributed by atoms with Gasteiger partial charge in [-0.05, 0) is 46.3 Å². The Balaban J connectivity index is 2.98. The van der Waals surface area contributed by atoms with Crippen LogP contribution in [0.4, 0.5) is 0 Å². The molecule has 0 fully saturated rings. The summed E-state index contributed by atoms with van der Waals surface area (Å²) in [7, 11) is -3.64. The van der Waals surface area contributed by atoms with E-state index in [1.807, 2.05) is 18.2 Å². The highest BCUT2D eigenvalue weighted by Crippen LogP contribution is 2.49. The summed E-state index contributed by atoms with van der Waals surface area (Å²) in [5.74, 6) is -0.482. The standard InChI is InChI=1S/C18H27O6P/c1-6-21-25(20,22-7-2)23-14-13-16(15-11-9-8-10-12-15)17(19)24-18(3,4)5/h8-13H,6-7,14H2,1-5H3/b16-13+. The van der Waals surface area contributed by atoms with Crippen molar-refractivity contribution in [3.05, 3.63) is 42.0 Å². The van der Waals surface area contributed by atoms with Gasteiger partial charge in [-0.3, -0.25) is 13.6 Å². The van der Waals surface area contributed by atoms with Crippen LogP contribution < -0.4 is 0 Å². The summed E-state index contributed by atoms with van der Waals surface area (Å²) in [6.07, 6.45) is 1.52. The summed E-state index contributed by atoms with van der Waals surface area (Å²) in [5.41, 5.74) is 0.385. The molecule has 1 rings (SSSR count). The molecule has 7 heteroatoms. The van der Waals surface area contributed by atoms with E-state index < -0.39 is 19.4 Å². The maximum Gasteiger partial charge on any atom is 0.475 e. The van der Waals surface area contributed by atoms with E-state index in [4.69, 9.17) is 18.3 Å². The zero-order chi connectivity index (χ0) is 18.9. The number of esters is 1. The molecule has 0 unspecified atom stereocenters. The summed E-state index contributed by atoms with van der Waals surface area (Å²) in [5, 5.41) is 0. The molecule has 25 heavy (non-hydrogen) atoms. The van der Waals surface area contributed by atoms with Crippen LogP contribution in [0.15, 0.2) is 36.4 Å². The van der Waals surface area contributed by atoms with Gasteiger partial charge in [-0.1, -0.05) is 30.3 Å². The Bertz CT molecular complexity index is 608. The third kappa shape index (κ3) is 7.97. The van der Waals surface area contributed by atoms with Crippen LogP contribution >= 0.6 is 7.82 Å². The molecule has 6 nitrogen and oxygen atoms in total. The van der Waals surface area contributed by atoms with Gasteiger partial charge in [0, 0.05) is 0 Å². The quantitative estimate of drug-likeness (QED) is 0.359. The Labute approximate surface area is 149 Å². The van der Waals surface area contributed by atoms with Gasteiger partial charge in [-0.15, -0.1) is 0 Å². The van der Waals surface area contributed by atoms with Gasteiger partial charge in [0.15, 0.2) is 0 Å². The third-order valence-corrected chi connectivity index (χ3v) is 4.41. The van der Waals surface area contributed by atoms with Crippen molar-refractivity contribution in [3.63, 3.8) is 0 Å². The SMILES string of the molecule is CCOP(=O)(OCC)OC/C=C(/C(=O)OC(C)(C)C)c1ccccc1. The molecule has 1 aromatic rings. The summed E-state index contributed by atoms with van der Waals surface area (Å²) in [6.45, 7) is 9.05. The molecule has 1 aromatic carbocycles. The second-order valence-electron chi connectivity index (χ2n) is 6.06. The van der Waals surface area contributed by atoms with Crippen molar-refractivity contribution in [3.8, 4) is 0 Å². The lowest BCUT2D eigenvalue weighted by Crippen LogP contribution is -2.24. The average molecular weight is 370 g/mol. The maximum absolute atomic E-state index is 12.5. The van der Waals surface area contributed by atoms with E-state index in [0.717, 1.165) is 0 Å². The van der Waals surface area contributed by atoms with Crippen molar-refractivity contribution in [2.24, 2.45) is 0 Å². The van der Waals surface area contributed by atoms with Gasteiger partial charge in [-0.25, -0.2) is 9.36 Å². The lowest BCUT2D eigenvalue weighted by molar-refractivity contribution is -0.147. The fourth-order valence-corrected chi connectivity index (χ4v) is 3.02. The van der Waals surface area contributed by atoms with Gasteiger partial charge in [-0.2, -0.15) is 0 Å². The monoisotopic (exact) mass is 370 g/mol. The molecule has 0 saturated carbocycles. The van der Waals surface area contributed by atoms with E-state index in [2.05, 4.69) is 0 Å². The van der Waals surface area contributed by atoms with E-state index in [-0.39, 0.29) is 19.8 Å². The largest absolute Gasteiger partial charge is 0.475 e. The van der Waals surface area contributed by atoms with Crippen LogP contribution in [0.3, 0.4) is 0 Å². The molecule has 0 amide bonds. The molecule has 0 bridgehead atoms. The molecule has 0 saturated heterocycles. The van der Waals surface area contributed by atoms with E-state index in [9.17, 15) is 9.36 Å². The minimum Gasteiger partial charge on any atom is -0.456 e. The fourth-order valence-electron chi connectivity index (χ4n) is 1.91. The predicted octanol–water partition coefficient (Wildman–Crippen LogP) is 4.61. The fraction of sp³-hybridized carbons (Fsp3) is 0.500. The molecule has 0 radical (unpaired) electrons. The third-order valence-electron chi connectivity index (χ3n) is 2.80. The Morgan fingerprint density at radius 2 is 1.60 bits per heavy atom. The number of phosphoric acid groups is 1. The van der Waals surface area contributed by atoms with Crippen LogP contribution in [0.25, 0.3) is 5.57 Å². The van der Waals surface area contributed by atoms with Gasteiger partial charge in [0.05, 0.1) is 25.4 Å². The highest BCUT2D eigenvalue weighted by atomic mass is 31.2. The zero-order valence-electron chi connectivity index (χ0n) is 15.5. The van der Waals surface area contributed by atoms with Crippen molar-refractivity contribution in [2.45, 2.75) is 40.2 Å². The Morgan fingerprint density at radius 1 is 1.04 bits per heavy atom. The van der Waals surface area contributed by atoms with Crippen LogP contribution in [-0.4, -0.2) is 31.4 Å².